The number of benzene rings is 1. The van der Waals surface area contributed by atoms with Crippen molar-refractivity contribution in [2.75, 3.05) is 19.7 Å². The fraction of sp³-hybridized carbons (Fsp3) is 0.538. The van der Waals surface area contributed by atoms with Crippen LogP contribution in [0.2, 0.25) is 0 Å². The molecule has 0 saturated heterocycles. The number of aryl methyl sites for hydroxylation is 1. The molecule has 1 aromatic carbocycles. The Labute approximate surface area is 129 Å². The van der Waals surface area contributed by atoms with E-state index in [1.165, 1.54) is 0 Å². The van der Waals surface area contributed by atoms with Crippen LogP contribution in [0, 0.1) is 6.92 Å². The molecule has 8 heteroatoms. The van der Waals surface area contributed by atoms with Gasteiger partial charge in [-0.1, -0.05) is 6.07 Å². The summed E-state index contributed by atoms with van der Waals surface area (Å²) in [7, 11) is 0. The van der Waals surface area contributed by atoms with Crippen LogP contribution >= 0.6 is 15.9 Å². The summed E-state index contributed by atoms with van der Waals surface area (Å²) in [6.07, 6.45) is -8.10. The Bertz CT molecular complexity index is 457. The lowest BCUT2D eigenvalue weighted by Gasteiger charge is -2.17. The lowest BCUT2D eigenvalue weighted by molar-refractivity contribution is -0.202. The van der Waals surface area contributed by atoms with Gasteiger partial charge in [0.15, 0.2) is 6.10 Å². The Morgan fingerprint density at radius 1 is 1.29 bits per heavy atom. The predicted molar refractivity (Wildman–Crippen MR) is 75.3 cm³/mol. The molecule has 0 aromatic heterocycles. The van der Waals surface area contributed by atoms with Gasteiger partial charge in [-0.3, -0.25) is 0 Å². The molecule has 0 aliphatic heterocycles. The maximum absolute atomic E-state index is 12.0. The van der Waals surface area contributed by atoms with Gasteiger partial charge in [0.2, 0.25) is 0 Å². The summed E-state index contributed by atoms with van der Waals surface area (Å²) in [5.74, 6) is 0.537. The van der Waals surface area contributed by atoms with E-state index in [4.69, 9.17) is 9.84 Å². The lowest BCUT2D eigenvalue weighted by Crippen LogP contribution is -2.41. The number of halogens is 4. The Morgan fingerprint density at radius 2 is 1.95 bits per heavy atom. The Balaban J connectivity index is 2.30. The van der Waals surface area contributed by atoms with E-state index in [1.807, 2.05) is 19.1 Å². The SMILES string of the molecule is Cc1ccc(OCC(O)CNCC(O)C(F)(F)F)c(Br)c1. The van der Waals surface area contributed by atoms with E-state index in [2.05, 4.69) is 21.2 Å². The summed E-state index contributed by atoms with van der Waals surface area (Å²) >= 11 is 3.31. The van der Waals surface area contributed by atoms with Crippen molar-refractivity contribution >= 4 is 15.9 Å². The van der Waals surface area contributed by atoms with Crippen LogP contribution < -0.4 is 10.1 Å². The van der Waals surface area contributed by atoms with E-state index < -0.39 is 24.9 Å². The Hall–Kier alpha value is -0.830. The second-order valence-corrected chi connectivity index (χ2v) is 5.47. The first-order valence-corrected chi connectivity index (χ1v) is 7.02. The number of alkyl halides is 3. The third kappa shape index (κ3) is 6.64. The number of hydrogen-bond donors (Lipinski definition) is 3. The normalized spacial score (nSPS) is 14.8. The highest BCUT2D eigenvalue weighted by atomic mass is 79.9. The first-order chi connectivity index (χ1) is 9.70. The van der Waals surface area contributed by atoms with Gasteiger partial charge in [-0.05, 0) is 40.5 Å². The molecule has 1 rings (SSSR count). The molecule has 2 unspecified atom stereocenters. The number of rotatable bonds is 7. The van der Waals surface area contributed by atoms with Crippen LogP contribution in [-0.2, 0) is 0 Å². The van der Waals surface area contributed by atoms with E-state index in [1.54, 1.807) is 6.07 Å². The second kappa shape index (κ2) is 7.98. The van der Waals surface area contributed by atoms with Crippen molar-refractivity contribution in [2.24, 2.45) is 0 Å². The van der Waals surface area contributed by atoms with Crippen LogP contribution in [0.5, 0.6) is 5.75 Å². The molecule has 1 aromatic rings. The minimum absolute atomic E-state index is 0.0726. The van der Waals surface area contributed by atoms with E-state index in [0.29, 0.717) is 5.75 Å². The van der Waals surface area contributed by atoms with Crippen molar-refractivity contribution in [1.29, 1.82) is 0 Å². The van der Waals surface area contributed by atoms with Gasteiger partial charge in [0.1, 0.15) is 18.5 Å². The number of nitrogens with one attached hydrogen (secondary N) is 1. The second-order valence-electron chi connectivity index (χ2n) is 4.61. The zero-order valence-electron chi connectivity index (χ0n) is 11.3. The van der Waals surface area contributed by atoms with Crippen molar-refractivity contribution in [2.45, 2.75) is 25.3 Å². The Morgan fingerprint density at radius 3 is 2.52 bits per heavy atom. The van der Waals surface area contributed by atoms with E-state index in [0.717, 1.165) is 10.0 Å². The summed E-state index contributed by atoms with van der Waals surface area (Å²) < 4.78 is 42.2. The summed E-state index contributed by atoms with van der Waals surface area (Å²) in [6, 6.07) is 5.41. The van der Waals surface area contributed by atoms with Crippen molar-refractivity contribution in [3.63, 3.8) is 0 Å². The van der Waals surface area contributed by atoms with Crippen LogP contribution in [0.3, 0.4) is 0 Å². The summed E-state index contributed by atoms with van der Waals surface area (Å²) in [6.45, 7) is 1.06. The van der Waals surface area contributed by atoms with E-state index in [-0.39, 0.29) is 13.2 Å². The lowest BCUT2D eigenvalue weighted by atomic mass is 10.2. The molecule has 0 spiro atoms. The highest BCUT2D eigenvalue weighted by Gasteiger charge is 2.37. The number of aliphatic hydroxyl groups excluding tert-OH is 2. The van der Waals surface area contributed by atoms with Crippen molar-refractivity contribution < 1.29 is 28.1 Å². The van der Waals surface area contributed by atoms with Gasteiger partial charge in [0, 0.05) is 13.1 Å². The zero-order valence-corrected chi connectivity index (χ0v) is 12.9. The summed E-state index contributed by atoms with van der Waals surface area (Å²) in [4.78, 5) is 0. The molecule has 0 fully saturated rings. The fourth-order valence-electron chi connectivity index (χ4n) is 1.47. The van der Waals surface area contributed by atoms with Gasteiger partial charge in [-0.2, -0.15) is 13.2 Å². The van der Waals surface area contributed by atoms with E-state index in [9.17, 15) is 18.3 Å². The molecule has 4 nitrogen and oxygen atoms in total. The monoisotopic (exact) mass is 371 g/mol. The molecule has 0 radical (unpaired) electrons. The Kier molecular flexibility index (Phi) is 6.92. The van der Waals surface area contributed by atoms with Gasteiger partial charge in [0.25, 0.3) is 0 Å². The third-order valence-electron chi connectivity index (χ3n) is 2.61. The van der Waals surface area contributed by atoms with E-state index >= 15 is 0 Å². The largest absolute Gasteiger partial charge is 0.490 e. The minimum Gasteiger partial charge on any atom is -0.490 e. The van der Waals surface area contributed by atoms with Gasteiger partial charge < -0.3 is 20.3 Å². The first-order valence-electron chi connectivity index (χ1n) is 6.22. The van der Waals surface area contributed by atoms with Crippen molar-refractivity contribution in [1.82, 2.24) is 5.32 Å². The number of ether oxygens (including phenoxy) is 1. The summed E-state index contributed by atoms with van der Waals surface area (Å²) in [5.41, 5.74) is 1.04. The predicted octanol–water partition coefficient (Wildman–Crippen LogP) is 2.01. The van der Waals surface area contributed by atoms with Gasteiger partial charge in [-0.15, -0.1) is 0 Å². The topological polar surface area (TPSA) is 61.7 Å². The molecule has 0 aliphatic carbocycles. The highest BCUT2D eigenvalue weighted by Crippen LogP contribution is 2.25. The molecule has 21 heavy (non-hydrogen) atoms. The third-order valence-corrected chi connectivity index (χ3v) is 3.23. The van der Waals surface area contributed by atoms with Gasteiger partial charge in [-0.25, -0.2) is 0 Å². The average molecular weight is 372 g/mol. The van der Waals surface area contributed by atoms with Crippen LogP contribution in [0.1, 0.15) is 5.56 Å². The molecular weight excluding hydrogens is 355 g/mol. The molecule has 0 amide bonds. The van der Waals surface area contributed by atoms with Crippen LogP contribution in [0.15, 0.2) is 22.7 Å². The summed E-state index contributed by atoms with van der Waals surface area (Å²) in [5, 5.41) is 20.7. The molecule has 0 heterocycles. The fourth-order valence-corrected chi connectivity index (χ4v) is 2.08. The van der Waals surface area contributed by atoms with Gasteiger partial charge in [0.05, 0.1) is 4.47 Å². The van der Waals surface area contributed by atoms with Crippen molar-refractivity contribution in [3.05, 3.63) is 28.2 Å². The van der Waals surface area contributed by atoms with Crippen molar-refractivity contribution in [3.8, 4) is 5.75 Å². The molecule has 2 atom stereocenters. The maximum Gasteiger partial charge on any atom is 0.415 e. The molecule has 3 N–H and O–H groups in total. The smallest absolute Gasteiger partial charge is 0.415 e. The standard InChI is InChI=1S/C13H17BrF3NO3/c1-8-2-3-11(10(14)4-8)21-7-9(19)5-18-6-12(20)13(15,16)17/h2-4,9,12,18-20H,5-7H2,1H3. The molecule has 0 saturated carbocycles. The van der Waals surface area contributed by atoms with Gasteiger partial charge >= 0.3 is 6.18 Å². The molecular formula is C13H17BrF3NO3. The molecule has 0 bridgehead atoms. The zero-order chi connectivity index (χ0) is 16.0. The minimum atomic E-state index is -4.67. The first kappa shape index (κ1) is 18.2. The number of hydrogen-bond acceptors (Lipinski definition) is 4. The molecule has 0 aliphatic rings. The maximum atomic E-state index is 12.0. The highest BCUT2D eigenvalue weighted by molar-refractivity contribution is 9.10. The van der Waals surface area contributed by atoms with Crippen LogP contribution in [0.25, 0.3) is 0 Å². The number of aliphatic hydroxyl groups is 2. The average Bonchev–Trinajstić information content (AvgIpc) is 2.36. The quantitative estimate of drug-likeness (QED) is 0.686. The molecule has 120 valence electrons. The van der Waals surface area contributed by atoms with Crippen LogP contribution in [0.4, 0.5) is 13.2 Å². The van der Waals surface area contributed by atoms with Crippen LogP contribution in [-0.4, -0.2) is 48.3 Å².